The lowest BCUT2D eigenvalue weighted by atomic mass is 9.97. The van der Waals surface area contributed by atoms with Crippen LogP contribution in [0.4, 0.5) is 14.5 Å². The molecular weight excluding hydrogens is 278 g/mol. The third-order valence-corrected chi connectivity index (χ3v) is 3.92. The van der Waals surface area contributed by atoms with Gasteiger partial charge in [-0.3, -0.25) is 9.69 Å². The van der Waals surface area contributed by atoms with Gasteiger partial charge in [-0.05, 0) is 44.4 Å². The number of hydrogen-bond acceptors (Lipinski definition) is 3. The Labute approximate surface area is 122 Å². The highest BCUT2D eigenvalue weighted by atomic mass is 19.1. The van der Waals surface area contributed by atoms with Crippen LogP contribution >= 0.6 is 0 Å². The molecule has 0 aliphatic carbocycles. The SMILES string of the molecule is CC(C(=O)Nc1ccc(F)cc1F)N1CCCC(CO)C1. The van der Waals surface area contributed by atoms with Crippen molar-refractivity contribution in [3.05, 3.63) is 29.8 Å². The number of aliphatic hydroxyl groups excluding tert-OH is 1. The summed E-state index contributed by atoms with van der Waals surface area (Å²) in [6, 6.07) is 2.63. The molecule has 116 valence electrons. The summed E-state index contributed by atoms with van der Waals surface area (Å²) in [7, 11) is 0. The van der Waals surface area contributed by atoms with Crippen LogP contribution in [0, 0.1) is 17.6 Å². The minimum absolute atomic E-state index is 0.0241. The molecule has 1 aromatic carbocycles. The van der Waals surface area contributed by atoms with E-state index in [4.69, 9.17) is 0 Å². The van der Waals surface area contributed by atoms with E-state index in [1.165, 1.54) is 6.07 Å². The summed E-state index contributed by atoms with van der Waals surface area (Å²) in [4.78, 5) is 14.1. The van der Waals surface area contributed by atoms with Gasteiger partial charge in [0.25, 0.3) is 0 Å². The van der Waals surface area contributed by atoms with Crippen molar-refractivity contribution in [1.82, 2.24) is 4.90 Å². The molecule has 0 saturated carbocycles. The smallest absolute Gasteiger partial charge is 0.241 e. The Morgan fingerprint density at radius 3 is 2.95 bits per heavy atom. The van der Waals surface area contributed by atoms with Gasteiger partial charge in [0.1, 0.15) is 11.6 Å². The summed E-state index contributed by atoms with van der Waals surface area (Å²) in [5.41, 5.74) is -0.0241. The van der Waals surface area contributed by atoms with Crippen LogP contribution in [-0.2, 0) is 4.79 Å². The number of nitrogens with one attached hydrogen (secondary N) is 1. The maximum atomic E-state index is 13.5. The number of likely N-dealkylation sites (tertiary alicyclic amines) is 1. The minimum Gasteiger partial charge on any atom is -0.396 e. The van der Waals surface area contributed by atoms with Crippen molar-refractivity contribution in [2.75, 3.05) is 25.0 Å². The fourth-order valence-corrected chi connectivity index (χ4v) is 2.59. The Morgan fingerprint density at radius 1 is 1.52 bits per heavy atom. The van der Waals surface area contributed by atoms with Crippen molar-refractivity contribution in [1.29, 1.82) is 0 Å². The summed E-state index contributed by atoms with van der Waals surface area (Å²) >= 11 is 0. The number of halogens is 2. The van der Waals surface area contributed by atoms with Crippen molar-refractivity contribution >= 4 is 11.6 Å². The third-order valence-electron chi connectivity index (χ3n) is 3.92. The van der Waals surface area contributed by atoms with Crippen LogP contribution in [0.15, 0.2) is 18.2 Å². The van der Waals surface area contributed by atoms with Crippen molar-refractivity contribution in [3.8, 4) is 0 Å². The van der Waals surface area contributed by atoms with Crippen molar-refractivity contribution < 1.29 is 18.7 Å². The summed E-state index contributed by atoms with van der Waals surface area (Å²) in [5, 5.41) is 11.7. The molecule has 1 aliphatic heterocycles. The van der Waals surface area contributed by atoms with E-state index in [2.05, 4.69) is 5.32 Å². The Hall–Kier alpha value is -1.53. The van der Waals surface area contributed by atoms with Gasteiger partial charge in [-0.1, -0.05) is 0 Å². The van der Waals surface area contributed by atoms with E-state index in [0.717, 1.165) is 31.5 Å². The molecule has 0 aromatic heterocycles. The number of carbonyl (C=O) groups is 1. The van der Waals surface area contributed by atoms with Crippen molar-refractivity contribution in [3.63, 3.8) is 0 Å². The fourth-order valence-electron chi connectivity index (χ4n) is 2.59. The molecule has 6 heteroatoms. The highest BCUT2D eigenvalue weighted by Gasteiger charge is 2.27. The van der Waals surface area contributed by atoms with Gasteiger partial charge in [-0.15, -0.1) is 0 Å². The molecular formula is C15H20F2N2O2. The highest BCUT2D eigenvalue weighted by Crippen LogP contribution is 2.20. The largest absolute Gasteiger partial charge is 0.396 e. The number of nitrogens with zero attached hydrogens (tertiary/aromatic N) is 1. The average molecular weight is 298 g/mol. The zero-order valence-corrected chi connectivity index (χ0v) is 12.0. The molecule has 1 fully saturated rings. The molecule has 1 aliphatic rings. The quantitative estimate of drug-likeness (QED) is 0.894. The van der Waals surface area contributed by atoms with Gasteiger partial charge in [0.2, 0.25) is 5.91 Å². The van der Waals surface area contributed by atoms with Gasteiger partial charge in [0.15, 0.2) is 0 Å². The fraction of sp³-hybridized carbons (Fsp3) is 0.533. The predicted molar refractivity (Wildman–Crippen MR) is 75.8 cm³/mol. The second kappa shape index (κ2) is 6.95. The molecule has 1 amide bonds. The molecule has 21 heavy (non-hydrogen) atoms. The summed E-state index contributed by atoms with van der Waals surface area (Å²) in [6.07, 6.45) is 1.88. The van der Waals surface area contributed by atoms with Crippen molar-refractivity contribution in [2.45, 2.75) is 25.8 Å². The Balaban J connectivity index is 1.99. The van der Waals surface area contributed by atoms with E-state index in [1.54, 1.807) is 6.92 Å². The second-order valence-electron chi connectivity index (χ2n) is 5.48. The molecule has 2 N–H and O–H groups in total. The minimum atomic E-state index is -0.789. The van der Waals surface area contributed by atoms with Crippen molar-refractivity contribution in [2.24, 2.45) is 5.92 Å². The number of rotatable bonds is 4. The van der Waals surface area contributed by atoms with Crippen LogP contribution in [0.1, 0.15) is 19.8 Å². The summed E-state index contributed by atoms with van der Waals surface area (Å²) in [6.45, 7) is 3.28. The second-order valence-corrected chi connectivity index (χ2v) is 5.48. The maximum Gasteiger partial charge on any atom is 0.241 e. The van der Waals surface area contributed by atoms with Gasteiger partial charge in [0.05, 0.1) is 11.7 Å². The first-order valence-corrected chi connectivity index (χ1v) is 7.12. The van der Waals surface area contributed by atoms with Gasteiger partial charge >= 0.3 is 0 Å². The Kier molecular flexibility index (Phi) is 5.25. The standard InChI is InChI=1S/C15H20F2N2O2/c1-10(19-6-2-3-11(8-19)9-20)15(21)18-14-5-4-12(16)7-13(14)17/h4-5,7,10-11,20H,2-3,6,8-9H2,1H3,(H,18,21). The van der Waals surface area contributed by atoms with E-state index >= 15 is 0 Å². The zero-order valence-electron chi connectivity index (χ0n) is 12.0. The first-order chi connectivity index (χ1) is 10.0. The molecule has 1 heterocycles. The van der Waals surface area contributed by atoms with E-state index in [-0.39, 0.29) is 24.1 Å². The van der Waals surface area contributed by atoms with Crippen LogP contribution in [0.25, 0.3) is 0 Å². The average Bonchev–Trinajstić information content (AvgIpc) is 2.49. The zero-order chi connectivity index (χ0) is 15.4. The number of piperidine rings is 1. The number of anilines is 1. The van der Waals surface area contributed by atoms with Gasteiger partial charge < -0.3 is 10.4 Å². The first-order valence-electron chi connectivity index (χ1n) is 7.12. The van der Waals surface area contributed by atoms with Gasteiger partial charge in [-0.25, -0.2) is 8.78 Å². The van der Waals surface area contributed by atoms with E-state index in [0.29, 0.717) is 6.54 Å². The van der Waals surface area contributed by atoms with Gasteiger partial charge in [0, 0.05) is 19.2 Å². The molecule has 1 saturated heterocycles. The van der Waals surface area contributed by atoms with E-state index in [1.807, 2.05) is 4.90 Å². The number of aliphatic hydroxyl groups is 1. The first kappa shape index (κ1) is 15.9. The van der Waals surface area contributed by atoms with E-state index < -0.39 is 17.7 Å². The molecule has 0 radical (unpaired) electrons. The van der Waals surface area contributed by atoms with Crippen LogP contribution in [0.5, 0.6) is 0 Å². The monoisotopic (exact) mass is 298 g/mol. The predicted octanol–water partition coefficient (Wildman–Crippen LogP) is 2.00. The van der Waals surface area contributed by atoms with Crippen LogP contribution in [0.2, 0.25) is 0 Å². The molecule has 2 rings (SSSR count). The highest BCUT2D eigenvalue weighted by molar-refractivity contribution is 5.94. The van der Waals surface area contributed by atoms with Crippen LogP contribution in [0.3, 0.4) is 0 Å². The third kappa shape index (κ3) is 3.98. The van der Waals surface area contributed by atoms with Crippen LogP contribution < -0.4 is 5.32 Å². The number of hydrogen-bond donors (Lipinski definition) is 2. The Morgan fingerprint density at radius 2 is 2.29 bits per heavy atom. The van der Waals surface area contributed by atoms with E-state index in [9.17, 15) is 18.7 Å². The molecule has 4 nitrogen and oxygen atoms in total. The molecule has 1 aromatic rings. The lowest BCUT2D eigenvalue weighted by molar-refractivity contribution is -0.121. The lowest BCUT2D eigenvalue weighted by Gasteiger charge is -2.35. The molecule has 0 bridgehead atoms. The summed E-state index contributed by atoms with van der Waals surface area (Å²) in [5.74, 6) is -1.63. The number of benzene rings is 1. The normalized spacial score (nSPS) is 21.0. The Bertz CT molecular complexity index is 510. The number of carbonyl (C=O) groups excluding carboxylic acids is 1. The van der Waals surface area contributed by atoms with Crippen LogP contribution in [-0.4, -0.2) is 41.7 Å². The maximum absolute atomic E-state index is 13.5. The van der Waals surface area contributed by atoms with Gasteiger partial charge in [-0.2, -0.15) is 0 Å². The summed E-state index contributed by atoms with van der Waals surface area (Å²) < 4.78 is 26.4. The number of amides is 1. The molecule has 2 unspecified atom stereocenters. The molecule has 2 atom stereocenters. The lowest BCUT2D eigenvalue weighted by Crippen LogP contribution is -2.47. The molecule has 0 spiro atoms. The topological polar surface area (TPSA) is 52.6 Å².